The third-order valence-corrected chi connectivity index (χ3v) is 7.16. The number of esters is 1. The Kier molecular flexibility index (Phi) is 5.16. The van der Waals surface area contributed by atoms with Gasteiger partial charge in [0.1, 0.15) is 0 Å². The van der Waals surface area contributed by atoms with E-state index in [4.69, 9.17) is 9.47 Å². The van der Waals surface area contributed by atoms with Gasteiger partial charge in [-0.2, -0.15) is 0 Å². The van der Waals surface area contributed by atoms with Crippen LogP contribution in [0.15, 0.2) is 23.8 Å². The van der Waals surface area contributed by atoms with Crippen LogP contribution in [0, 0.1) is 22.7 Å². The SMILES string of the molecule is C=C1CCC2C(C)(C)CCCC2(C)C1C/C=C1/CC(OCC)OC1=O. The van der Waals surface area contributed by atoms with E-state index in [-0.39, 0.29) is 5.97 Å². The minimum Gasteiger partial charge on any atom is -0.432 e. The average Bonchev–Trinajstić information content (AvgIpc) is 2.86. The predicted octanol–water partition coefficient (Wildman–Crippen LogP) is 5.41. The van der Waals surface area contributed by atoms with E-state index in [9.17, 15) is 4.79 Å². The topological polar surface area (TPSA) is 35.5 Å². The summed E-state index contributed by atoms with van der Waals surface area (Å²) < 4.78 is 10.7. The number of hydrogen-bond acceptors (Lipinski definition) is 3. The molecule has 3 heteroatoms. The van der Waals surface area contributed by atoms with Gasteiger partial charge >= 0.3 is 5.97 Å². The van der Waals surface area contributed by atoms with Crippen LogP contribution in [0.1, 0.15) is 72.6 Å². The second-order valence-corrected chi connectivity index (χ2v) is 9.11. The summed E-state index contributed by atoms with van der Waals surface area (Å²) in [6.45, 7) is 14.3. The van der Waals surface area contributed by atoms with Crippen molar-refractivity contribution in [3.05, 3.63) is 23.8 Å². The molecule has 3 fully saturated rings. The van der Waals surface area contributed by atoms with E-state index in [2.05, 4.69) is 33.4 Å². The normalized spacial score (nSPS) is 39.4. The fourth-order valence-corrected chi connectivity index (χ4v) is 5.91. The maximum Gasteiger partial charge on any atom is 0.336 e. The number of fused-ring (bicyclic) bond motifs is 1. The molecule has 3 aliphatic rings. The average molecular weight is 347 g/mol. The van der Waals surface area contributed by atoms with Gasteiger partial charge < -0.3 is 9.47 Å². The van der Waals surface area contributed by atoms with Gasteiger partial charge in [0.05, 0.1) is 0 Å². The molecule has 1 aliphatic heterocycles. The third-order valence-electron chi connectivity index (χ3n) is 7.16. The van der Waals surface area contributed by atoms with Gasteiger partial charge in [-0.3, -0.25) is 0 Å². The minimum atomic E-state index is -0.393. The second-order valence-electron chi connectivity index (χ2n) is 9.11. The summed E-state index contributed by atoms with van der Waals surface area (Å²) in [5.41, 5.74) is 2.87. The smallest absolute Gasteiger partial charge is 0.336 e. The lowest BCUT2D eigenvalue weighted by Crippen LogP contribution is -2.49. The van der Waals surface area contributed by atoms with Crippen molar-refractivity contribution in [3.63, 3.8) is 0 Å². The Morgan fingerprint density at radius 1 is 1.32 bits per heavy atom. The fraction of sp³-hybridized carbons (Fsp3) is 0.773. The van der Waals surface area contributed by atoms with Gasteiger partial charge in [-0.05, 0) is 61.7 Å². The molecule has 25 heavy (non-hydrogen) atoms. The molecule has 4 atom stereocenters. The Morgan fingerprint density at radius 2 is 2.08 bits per heavy atom. The van der Waals surface area contributed by atoms with Crippen LogP contribution in [0.2, 0.25) is 0 Å². The number of allylic oxidation sites excluding steroid dienone is 2. The summed E-state index contributed by atoms with van der Waals surface area (Å²) in [6.07, 6.45) is 9.52. The van der Waals surface area contributed by atoms with Crippen LogP contribution in [-0.2, 0) is 14.3 Å². The molecular weight excluding hydrogens is 312 g/mol. The molecule has 3 nitrogen and oxygen atoms in total. The minimum absolute atomic E-state index is 0.203. The molecule has 4 unspecified atom stereocenters. The molecule has 0 spiro atoms. The van der Waals surface area contributed by atoms with E-state index in [1.165, 1.54) is 31.3 Å². The second kappa shape index (κ2) is 6.90. The molecule has 1 heterocycles. The standard InChI is InChI=1S/C22H34O3/c1-6-24-19-14-16(20(23)25-19)9-10-17-15(2)8-11-18-21(3,4)12-7-13-22(17,18)5/h9,17-19H,2,6-8,10-14H2,1,3-5H3/b16-9-. The van der Waals surface area contributed by atoms with Crippen molar-refractivity contribution in [2.45, 2.75) is 78.9 Å². The van der Waals surface area contributed by atoms with Crippen LogP contribution < -0.4 is 0 Å². The monoisotopic (exact) mass is 346 g/mol. The first kappa shape index (κ1) is 18.7. The van der Waals surface area contributed by atoms with E-state index in [1.807, 2.05) is 6.92 Å². The zero-order valence-electron chi connectivity index (χ0n) is 16.4. The first-order valence-corrected chi connectivity index (χ1v) is 9.97. The van der Waals surface area contributed by atoms with Crippen LogP contribution >= 0.6 is 0 Å². The predicted molar refractivity (Wildman–Crippen MR) is 99.9 cm³/mol. The Labute approximate surface area is 152 Å². The number of carbonyl (C=O) groups is 1. The molecule has 0 bridgehead atoms. The molecule has 0 amide bonds. The maximum absolute atomic E-state index is 12.1. The molecule has 2 aliphatic carbocycles. The van der Waals surface area contributed by atoms with Crippen molar-refractivity contribution in [1.29, 1.82) is 0 Å². The molecule has 0 N–H and O–H groups in total. The summed E-state index contributed by atoms with van der Waals surface area (Å²) in [5.74, 6) is 1.01. The lowest BCUT2D eigenvalue weighted by atomic mass is 9.47. The largest absolute Gasteiger partial charge is 0.432 e. The highest BCUT2D eigenvalue weighted by Gasteiger charge is 2.52. The van der Waals surface area contributed by atoms with Gasteiger partial charge in [0, 0.05) is 18.6 Å². The number of ether oxygens (including phenoxy) is 2. The first-order chi connectivity index (χ1) is 11.8. The Morgan fingerprint density at radius 3 is 2.80 bits per heavy atom. The van der Waals surface area contributed by atoms with Gasteiger partial charge in [0.2, 0.25) is 6.29 Å². The fourth-order valence-electron chi connectivity index (χ4n) is 5.91. The summed E-state index contributed by atoms with van der Waals surface area (Å²) >= 11 is 0. The van der Waals surface area contributed by atoms with E-state index in [0.717, 1.165) is 24.3 Å². The van der Waals surface area contributed by atoms with Gasteiger partial charge in [-0.15, -0.1) is 0 Å². The van der Waals surface area contributed by atoms with Crippen LogP contribution in [-0.4, -0.2) is 18.9 Å². The van der Waals surface area contributed by atoms with Crippen molar-refractivity contribution in [2.75, 3.05) is 6.61 Å². The molecular formula is C22H34O3. The molecule has 0 radical (unpaired) electrons. The highest BCUT2D eigenvalue weighted by molar-refractivity contribution is 5.90. The van der Waals surface area contributed by atoms with Gasteiger partial charge in [-0.1, -0.05) is 45.4 Å². The quantitative estimate of drug-likeness (QED) is 0.388. The molecule has 2 saturated carbocycles. The highest BCUT2D eigenvalue weighted by Crippen LogP contribution is 2.61. The highest BCUT2D eigenvalue weighted by atomic mass is 16.7. The summed E-state index contributed by atoms with van der Waals surface area (Å²) in [4.78, 5) is 12.1. The Hall–Kier alpha value is -1.09. The van der Waals surface area contributed by atoms with Crippen molar-refractivity contribution in [3.8, 4) is 0 Å². The summed E-state index contributed by atoms with van der Waals surface area (Å²) in [6, 6.07) is 0. The van der Waals surface area contributed by atoms with Crippen LogP contribution in [0.3, 0.4) is 0 Å². The summed E-state index contributed by atoms with van der Waals surface area (Å²) in [5, 5.41) is 0. The van der Waals surface area contributed by atoms with Gasteiger partial charge in [0.15, 0.2) is 0 Å². The number of carbonyl (C=O) groups excluding carboxylic acids is 1. The molecule has 3 rings (SSSR count). The van der Waals surface area contributed by atoms with Crippen molar-refractivity contribution >= 4 is 5.97 Å². The van der Waals surface area contributed by atoms with E-state index >= 15 is 0 Å². The number of hydrogen-bond donors (Lipinski definition) is 0. The number of rotatable bonds is 4. The zero-order valence-corrected chi connectivity index (χ0v) is 16.4. The van der Waals surface area contributed by atoms with E-state index < -0.39 is 6.29 Å². The van der Waals surface area contributed by atoms with Crippen LogP contribution in [0.4, 0.5) is 0 Å². The third kappa shape index (κ3) is 3.45. The zero-order chi connectivity index (χ0) is 18.2. The van der Waals surface area contributed by atoms with Crippen LogP contribution in [0.5, 0.6) is 0 Å². The van der Waals surface area contributed by atoms with Crippen LogP contribution in [0.25, 0.3) is 0 Å². The Balaban J connectivity index is 1.77. The van der Waals surface area contributed by atoms with Crippen molar-refractivity contribution in [2.24, 2.45) is 22.7 Å². The van der Waals surface area contributed by atoms with Crippen molar-refractivity contribution < 1.29 is 14.3 Å². The molecule has 0 aromatic carbocycles. The lowest BCUT2D eigenvalue weighted by molar-refractivity contribution is -0.160. The van der Waals surface area contributed by atoms with E-state index in [1.54, 1.807) is 0 Å². The Bertz CT molecular complexity index is 574. The maximum atomic E-state index is 12.1. The molecule has 140 valence electrons. The lowest BCUT2D eigenvalue weighted by Gasteiger charge is -2.58. The van der Waals surface area contributed by atoms with Crippen molar-refractivity contribution in [1.82, 2.24) is 0 Å². The number of cyclic esters (lactones) is 1. The van der Waals surface area contributed by atoms with Gasteiger partial charge in [0.25, 0.3) is 0 Å². The molecule has 0 aromatic heterocycles. The molecule has 1 saturated heterocycles. The molecule has 0 aromatic rings. The van der Waals surface area contributed by atoms with Gasteiger partial charge in [-0.25, -0.2) is 4.79 Å². The van der Waals surface area contributed by atoms with E-state index in [0.29, 0.717) is 29.8 Å². The summed E-state index contributed by atoms with van der Waals surface area (Å²) in [7, 11) is 0. The first-order valence-electron chi connectivity index (χ1n) is 9.97.